The normalized spacial score (nSPS) is 11.0. The van der Waals surface area contributed by atoms with Gasteiger partial charge in [0.15, 0.2) is 0 Å². The van der Waals surface area contributed by atoms with Gasteiger partial charge in [0.1, 0.15) is 10.6 Å². The minimum atomic E-state index is -3.85. The zero-order valence-corrected chi connectivity index (χ0v) is 13.9. The monoisotopic (exact) mass is 384 g/mol. The number of amides is 1. The van der Waals surface area contributed by atoms with Gasteiger partial charge in [-0.25, -0.2) is 8.42 Å². The predicted molar refractivity (Wildman–Crippen MR) is 86.5 cm³/mol. The van der Waals surface area contributed by atoms with Gasteiger partial charge in [-0.3, -0.25) is 9.52 Å². The zero-order chi connectivity index (χ0) is 16.3. The Kier molecular flexibility index (Phi) is 4.72. The zero-order valence-electron chi connectivity index (χ0n) is 11.5. The highest BCUT2D eigenvalue weighted by molar-refractivity contribution is 9.10. The summed E-state index contributed by atoms with van der Waals surface area (Å²) in [5.41, 5.74) is 5.51. The molecule has 0 spiro atoms. The summed E-state index contributed by atoms with van der Waals surface area (Å²) in [7, 11) is -2.45. The van der Waals surface area contributed by atoms with Gasteiger partial charge in [-0.1, -0.05) is 12.1 Å². The summed E-state index contributed by atoms with van der Waals surface area (Å²) >= 11 is 3.19. The molecule has 0 aromatic heterocycles. The molecule has 0 aliphatic rings. The largest absolute Gasteiger partial charge is 0.495 e. The van der Waals surface area contributed by atoms with Gasteiger partial charge in [-0.15, -0.1) is 0 Å². The van der Waals surface area contributed by atoms with E-state index in [0.29, 0.717) is 4.47 Å². The maximum Gasteiger partial charge on any atom is 0.263 e. The van der Waals surface area contributed by atoms with E-state index in [-0.39, 0.29) is 21.9 Å². The summed E-state index contributed by atoms with van der Waals surface area (Å²) in [4.78, 5) is 11.3. The summed E-state index contributed by atoms with van der Waals surface area (Å²) in [5, 5.41) is 0. The van der Waals surface area contributed by atoms with E-state index in [1.165, 1.54) is 31.4 Å². The van der Waals surface area contributed by atoms with Crippen molar-refractivity contribution in [1.29, 1.82) is 0 Å². The molecule has 6 nitrogen and oxygen atoms in total. The number of carbonyl (C=O) groups excluding carboxylic acids is 1. The van der Waals surface area contributed by atoms with E-state index >= 15 is 0 Å². The van der Waals surface area contributed by atoms with Crippen LogP contribution in [0.2, 0.25) is 0 Å². The molecule has 0 saturated carbocycles. The molecule has 0 unspecified atom stereocenters. The maximum absolute atomic E-state index is 12.5. The molecule has 0 aliphatic carbocycles. The molecule has 8 heteroatoms. The molecule has 0 atom stereocenters. The number of halogens is 1. The third kappa shape index (κ3) is 3.40. The lowest BCUT2D eigenvalue weighted by Crippen LogP contribution is -2.16. The maximum atomic E-state index is 12.5. The molecule has 0 bridgehead atoms. The van der Waals surface area contributed by atoms with Crippen LogP contribution in [0, 0.1) is 0 Å². The van der Waals surface area contributed by atoms with Crippen molar-refractivity contribution in [2.75, 3.05) is 11.8 Å². The molecule has 0 radical (unpaired) electrons. The molecular formula is C14H13BrN2O4S. The van der Waals surface area contributed by atoms with E-state index in [1.54, 1.807) is 18.2 Å². The average molecular weight is 385 g/mol. The molecule has 2 rings (SSSR count). The minimum Gasteiger partial charge on any atom is -0.495 e. The number of anilines is 1. The van der Waals surface area contributed by atoms with Gasteiger partial charge >= 0.3 is 0 Å². The van der Waals surface area contributed by atoms with Crippen LogP contribution in [-0.2, 0) is 10.0 Å². The molecule has 0 aliphatic heterocycles. The number of nitrogens with two attached hydrogens (primary N) is 1. The van der Waals surface area contributed by atoms with E-state index in [1.807, 2.05) is 0 Å². The lowest BCUT2D eigenvalue weighted by Gasteiger charge is -2.13. The molecule has 0 heterocycles. The van der Waals surface area contributed by atoms with Crippen LogP contribution in [0.3, 0.4) is 0 Å². The van der Waals surface area contributed by atoms with Crippen molar-refractivity contribution in [2.45, 2.75) is 4.90 Å². The third-order valence-electron chi connectivity index (χ3n) is 2.85. The lowest BCUT2D eigenvalue weighted by atomic mass is 10.2. The fourth-order valence-corrected chi connectivity index (χ4v) is 3.87. The van der Waals surface area contributed by atoms with Crippen molar-refractivity contribution in [3.8, 4) is 5.75 Å². The SMILES string of the molecule is COc1ccc(C(N)=O)cc1NS(=O)(=O)c1ccccc1Br. The number of rotatable bonds is 5. The van der Waals surface area contributed by atoms with Crippen LogP contribution in [0.1, 0.15) is 10.4 Å². The summed E-state index contributed by atoms with van der Waals surface area (Å²) in [5.74, 6) is -0.385. The number of primary amides is 1. The number of sulfonamides is 1. The molecule has 1 amide bonds. The van der Waals surface area contributed by atoms with E-state index in [2.05, 4.69) is 20.7 Å². The Balaban J connectivity index is 2.47. The highest BCUT2D eigenvalue weighted by Crippen LogP contribution is 2.29. The second-order valence-corrected chi connectivity index (χ2v) is 6.82. The second kappa shape index (κ2) is 6.37. The first-order chi connectivity index (χ1) is 10.3. The Labute approximate surface area is 136 Å². The van der Waals surface area contributed by atoms with Crippen molar-refractivity contribution >= 4 is 37.5 Å². The first-order valence-corrected chi connectivity index (χ1v) is 8.38. The standard InChI is InChI=1S/C14H13BrN2O4S/c1-21-12-7-6-9(14(16)18)8-11(12)17-22(19,20)13-5-3-2-4-10(13)15/h2-8,17H,1H3,(H2,16,18). The van der Waals surface area contributed by atoms with Crippen molar-refractivity contribution in [1.82, 2.24) is 0 Å². The summed E-state index contributed by atoms with van der Waals surface area (Å²) in [6, 6.07) is 10.6. The Morgan fingerprint density at radius 2 is 1.91 bits per heavy atom. The highest BCUT2D eigenvalue weighted by atomic mass is 79.9. The van der Waals surface area contributed by atoms with Gasteiger partial charge < -0.3 is 10.5 Å². The third-order valence-corrected chi connectivity index (χ3v) is 5.23. The van der Waals surface area contributed by atoms with E-state index < -0.39 is 15.9 Å². The summed E-state index contributed by atoms with van der Waals surface area (Å²) in [6.07, 6.45) is 0. The van der Waals surface area contributed by atoms with E-state index in [0.717, 1.165) is 0 Å². The first kappa shape index (κ1) is 16.3. The fraction of sp³-hybridized carbons (Fsp3) is 0.0714. The van der Waals surface area contributed by atoms with Crippen LogP contribution in [0.25, 0.3) is 0 Å². The Hall–Kier alpha value is -2.06. The molecule has 116 valence electrons. The van der Waals surface area contributed by atoms with Gasteiger partial charge in [0.2, 0.25) is 5.91 Å². The Morgan fingerprint density at radius 3 is 2.50 bits per heavy atom. The van der Waals surface area contributed by atoms with Crippen LogP contribution in [-0.4, -0.2) is 21.4 Å². The number of ether oxygens (including phenoxy) is 1. The van der Waals surface area contributed by atoms with Crippen molar-refractivity contribution in [3.05, 3.63) is 52.5 Å². The number of methoxy groups -OCH3 is 1. The first-order valence-electron chi connectivity index (χ1n) is 6.10. The summed E-state index contributed by atoms with van der Waals surface area (Å²) < 4.78 is 32.8. The van der Waals surface area contributed by atoms with Crippen LogP contribution < -0.4 is 15.2 Å². The van der Waals surface area contributed by atoms with Gasteiger partial charge in [-0.05, 0) is 46.3 Å². The Bertz CT molecular complexity index is 821. The average Bonchev–Trinajstić information content (AvgIpc) is 2.47. The fourth-order valence-electron chi connectivity index (χ4n) is 1.80. The van der Waals surface area contributed by atoms with Gasteiger partial charge in [-0.2, -0.15) is 0 Å². The van der Waals surface area contributed by atoms with Gasteiger partial charge in [0, 0.05) is 10.0 Å². The molecule has 2 aromatic rings. The number of hydrogen-bond acceptors (Lipinski definition) is 4. The number of carbonyl (C=O) groups is 1. The molecular weight excluding hydrogens is 372 g/mol. The van der Waals surface area contributed by atoms with Crippen molar-refractivity contribution < 1.29 is 17.9 Å². The number of nitrogens with one attached hydrogen (secondary N) is 1. The smallest absolute Gasteiger partial charge is 0.263 e. The van der Waals surface area contributed by atoms with Crippen LogP contribution in [0.4, 0.5) is 5.69 Å². The number of benzene rings is 2. The molecule has 22 heavy (non-hydrogen) atoms. The van der Waals surface area contributed by atoms with Gasteiger partial charge in [0.05, 0.1) is 12.8 Å². The molecule has 0 saturated heterocycles. The quantitative estimate of drug-likeness (QED) is 0.826. The second-order valence-electron chi connectivity index (χ2n) is 4.32. The highest BCUT2D eigenvalue weighted by Gasteiger charge is 2.19. The Morgan fingerprint density at radius 1 is 1.23 bits per heavy atom. The number of hydrogen-bond donors (Lipinski definition) is 2. The van der Waals surface area contributed by atoms with Crippen LogP contribution in [0.5, 0.6) is 5.75 Å². The van der Waals surface area contributed by atoms with Crippen LogP contribution >= 0.6 is 15.9 Å². The van der Waals surface area contributed by atoms with Gasteiger partial charge in [0.25, 0.3) is 10.0 Å². The lowest BCUT2D eigenvalue weighted by molar-refractivity contribution is 0.100. The molecule has 0 fully saturated rings. The molecule has 3 N–H and O–H groups in total. The minimum absolute atomic E-state index is 0.0709. The molecule has 2 aromatic carbocycles. The predicted octanol–water partition coefficient (Wildman–Crippen LogP) is 2.36. The van der Waals surface area contributed by atoms with Crippen molar-refractivity contribution in [3.63, 3.8) is 0 Å². The topological polar surface area (TPSA) is 98.5 Å². The van der Waals surface area contributed by atoms with E-state index in [4.69, 9.17) is 10.5 Å². The van der Waals surface area contributed by atoms with Crippen molar-refractivity contribution in [2.24, 2.45) is 5.73 Å². The van der Waals surface area contributed by atoms with Crippen LogP contribution in [0.15, 0.2) is 51.8 Å². The summed E-state index contributed by atoms with van der Waals surface area (Å²) in [6.45, 7) is 0. The van der Waals surface area contributed by atoms with E-state index in [9.17, 15) is 13.2 Å².